The molecule has 1 unspecified atom stereocenters. The molecule has 2 aromatic carbocycles. The lowest BCUT2D eigenvalue weighted by molar-refractivity contribution is -0.139. The van der Waals surface area contributed by atoms with Crippen molar-refractivity contribution < 1.29 is 14.4 Å². The molecule has 1 saturated heterocycles. The Morgan fingerprint density at radius 2 is 1.57 bits per heavy atom. The summed E-state index contributed by atoms with van der Waals surface area (Å²) in [6.45, 7) is 4.28. The van der Waals surface area contributed by atoms with Gasteiger partial charge in [-0.1, -0.05) is 49.7 Å². The Hall–Kier alpha value is -2.66. The van der Waals surface area contributed by atoms with Crippen molar-refractivity contribution in [3.8, 4) is 0 Å². The van der Waals surface area contributed by atoms with Gasteiger partial charge in [-0.3, -0.25) is 19.3 Å². The number of nitrogens with zero attached hydrogens (tertiary/aromatic N) is 1. The molecular weight excluding hydrogens is 376 g/mol. The van der Waals surface area contributed by atoms with Crippen LogP contribution in [0.15, 0.2) is 48.5 Å². The highest BCUT2D eigenvalue weighted by Gasteiger charge is 2.28. The van der Waals surface area contributed by atoms with Gasteiger partial charge in [0.15, 0.2) is 0 Å². The van der Waals surface area contributed by atoms with Crippen molar-refractivity contribution in [2.75, 3.05) is 5.32 Å². The molecule has 146 valence electrons. The molecule has 1 heterocycles. The van der Waals surface area contributed by atoms with Gasteiger partial charge in [0, 0.05) is 23.6 Å². The number of imide groups is 1. The maximum Gasteiger partial charge on any atom is 0.232 e. The fourth-order valence-electron chi connectivity index (χ4n) is 3.40. The Bertz CT molecular complexity index is 860. The summed E-state index contributed by atoms with van der Waals surface area (Å²) in [4.78, 5) is 37.6. The summed E-state index contributed by atoms with van der Waals surface area (Å²) in [7, 11) is 0. The minimum absolute atomic E-state index is 0.0880. The van der Waals surface area contributed by atoms with Gasteiger partial charge in [0.1, 0.15) is 0 Å². The first kappa shape index (κ1) is 20.1. The van der Waals surface area contributed by atoms with Crippen molar-refractivity contribution in [1.29, 1.82) is 0 Å². The van der Waals surface area contributed by atoms with Crippen molar-refractivity contribution >= 4 is 35.0 Å². The molecule has 2 aromatic rings. The predicted octanol–water partition coefficient (Wildman–Crippen LogP) is 4.37. The van der Waals surface area contributed by atoms with E-state index in [0.717, 1.165) is 11.1 Å². The summed E-state index contributed by atoms with van der Waals surface area (Å²) in [5, 5.41) is 3.59. The minimum Gasteiger partial charge on any atom is -0.326 e. The summed E-state index contributed by atoms with van der Waals surface area (Å²) in [5.74, 6) is -0.533. The lowest BCUT2D eigenvalue weighted by Crippen LogP contribution is -2.28. The van der Waals surface area contributed by atoms with Crippen LogP contribution in [0.2, 0.25) is 5.02 Å². The largest absolute Gasteiger partial charge is 0.326 e. The molecule has 3 amide bonds. The third-order valence-corrected chi connectivity index (χ3v) is 5.15. The standard InChI is InChI=1S/C22H23ClN2O3/c1-14(2)21(16-5-7-17(23)8-6-16)22(28)24-18-9-3-15(4-10-18)13-25-19(26)11-12-20(25)27/h3-10,14,21H,11-13H2,1-2H3,(H,24,28). The van der Waals surface area contributed by atoms with E-state index in [1.165, 1.54) is 4.90 Å². The van der Waals surface area contributed by atoms with E-state index >= 15 is 0 Å². The molecule has 1 atom stereocenters. The maximum atomic E-state index is 12.8. The first-order valence-corrected chi connectivity index (χ1v) is 9.71. The van der Waals surface area contributed by atoms with E-state index in [4.69, 9.17) is 11.6 Å². The van der Waals surface area contributed by atoms with Gasteiger partial charge in [-0.15, -0.1) is 0 Å². The van der Waals surface area contributed by atoms with Crippen LogP contribution in [0.25, 0.3) is 0 Å². The van der Waals surface area contributed by atoms with Crippen molar-refractivity contribution in [2.45, 2.75) is 39.2 Å². The zero-order valence-electron chi connectivity index (χ0n) is 15.9. The smallest absolute Gasteiger partial charge is 0.232 e. The molecule has 0 bridgehead atoms. The van der Waals surface area contributed by atoms with Gasteiger partial charge in [-0.2, -0.15) is 0 Å². The second-order valence-corrected chi connectivity index (χ2v) is 7.77. The van der Waals surface area contributed by atoms with Crippen LogP contribution in [0.4, 0.5) is 5.69 Å². The summed E-state index contributed by atoms with van der Waals surface area (Å²) in [6, 6.07) is 14.5. The van der Waals surface area contributed by atoms with Crippen LogP contribution < -0.4 is 5.32 Å². The number of anilines is 1. The molecule has 0 spiro atoms. The third kappa shape index (κ3) is 4.60. The zero-order valence-corrected chi connectivity index (χ0v) is 16.7. The van der Waals surface area contributed by atoms with Crippen LogP contribution in [0, 0.1) is 5.92 Å². The van der Waals surface area contributed by atoms with E-state index in [0.29, 0.717) is 10.7 Å². The molecule has 1 fully saturated rings. The highest BCUT2D eigenvalue weighted by Crippen LogP contribution is 2.27. The summed E-state index contributed by atoms with van der Waals surface area (Å²) >= 11 is 5.95. The van der Waals surface area contributed by atoms with Crippen molar-refractivity contribution in [1.82, 2.24) is 4.90 Å². The molecule has 0 radical (unpaired) electrons. The van der Waals surface area contributed by atoms with E-state index < -0.39 is 0 Å². The quantitative estimate of drug-likeness (QED) is 0.735. The number of amides is 3. The van der Waals surface area contributed by atoms with Crippen LogP contribution in [0.1, 0.15) is 43.7 Å². The van der Waals surface area contributed by atoms with Gasteiger partial charge in [-0.05, 0) is 41.3 Å². The molecule has 0 aliphatic carbocycles. The van der Waals surface area contributed by atoms with Gasteiger partial charge >= 0.3 is 0 Å². The molecule has 6 heteroatoms. The van der Waals surface area contributed by atoms with Crippen LogP contribution in [0.3, 0.4) is 0 Å². The van der Waals surface area contributed by atoms with Crippen LogP contribution in [0.5, 0.6) is 0 Å². The predicted molar refractivity (Wildman–Crippen MR) is 109 cm³/mol. The minimum atomic E-state index is -0.295. The van der Waals surface area contributed by atoms with Crippen molar-refractivity contribution in [3.63, 3.8) is 0 Å². The Labute approximate surface area is 169 Å². The van der Waals surface area contributed by atoms with Gasteiger partial charge in [0.2, 0.25) is 17.7 Å². The average Bonchev–Trinajstić information content (AvgIpc) is 2.97. The number of hydrogen-bond acceptors (Lipinski definition) is 3. The highest BCUT2D eigenvalue weighted by molar-refractivity contribution is 6.30. The van der Waals surface area contributed by atoms with Gasteiger partial charge < -0.3 is 5.32 Å². The molecular formula is C22H23ClN2O3. The normalized spacial score (nSPS) is 15.2. The van der Waals surface area contributed by atoms with Crippen LogP contribution >= 0.6 is 11.6 Å². The third-order valence-electron chi connectivity index (χ3n) is 4.90. The van der Waals surface area contributed by atoms with Gasteiger partial charge in [-0.25, -0.2) is 0 Å². The topological polar surface area (TPSA) is 66.5 Å². The lowest BCUT2D eigenvalue weighted by Gasteiger charge is -2.21. The number of nitrogens with one attached hydrogen (secondary N) is 1. The maximum absolute atomic E-state index is 12.8. The molecule has 0 aromatic heterocycles. The van der Waals surface area contributed by atoms with Crippen molar-refractivity contribution in [2.24, 2.45) is 5.92 Å². The summed E-state index contributed by atoms with van der Waals surface area (Å²) < 4.78 is 0. The van der Waals surface area contributed by atoms with E-state index in [1.807, 2.05) is 38.1 Å². The monoisotopic (exact) mass is 398 g/mol. The van der Waals surface area contributed by atoms with Crippen LogP contribution in [-0.4, -0.2) is 22.6 Å². The van der Waals surface area contributed by atoms with Gasteiger partial charge in [0.25, 0.3) is 0 Å². The van der Waals surface area contributed by atoms with E-state index in [-0.39, 0.29) is 48.9 Å². The number of likely N-dealkylation sites (tertiary alicyclic amines) is 1. The fourth-order valence-corrected chi connectivity index (χ4v) is 3.53. The summed E-state index contributed by atoms with van der Waals surface area (Å²) in [6.07, 6.45) is 0.572. The van der Waals surface area contributed by atoms with E-state index in [1.54, 1.807) is 24.3 Å². The van der Waals surface area contributed by atoms with Crippen molar-refractivity contribution in [3.05, 3.63) is 64.7 Å². The number of carbonyl (C=O) groups excluding carboxylic acids is 3. The summed E-state index contributed by atoms with van der Waals surface area (Å²) in [5.41, 5.74) is 2.44. The Balaban J connectivity index is 1.68. The average molecular weight is 399 g/mol. The number of benzene rings is 2. The number of carbonyl (C=O) groups is 3. The molecule has 3 rings (SSSR count). The van der Waals surface area contributed by atoms with E-state index in [9.17, 15) is 14.4 Å². The first-order chi connectivity index (χ1) is 13.3. The second kappa shape index (κ2) is 8.57. The number of hydrogen-bond donors (Lipinski definition) is 1. The molecule has 1 aliphatic heterocycles. The molecule has 5 nitrogen and oxygen atoms in total. The molecule has 0 saturated carbocycles. The molecule has 1 N–H and O–H groups in total. The Morgan fingerprint density at radius 3 is 2.11 bits per heavy atom. The second-order valence-electron chi connectivity index (χ2n) is 7.33. The SMILES string of the molecule is CC(C)C(C(=O)Nc1ccc(CN2C(=O)CCC2=O)cc1)c1ccc(Cl)cc1. The lowest BCUT2D eigenvalue weighted by atomic mass is 9.87. The molecule has 28 heavy (non-hydrogen) atoms. The molecule has 1 aliphatic rings. The highest BCUT2D eigenvalue weighted by atomic mass is 35.5. The van der Waals surface area contributed by atoms with Crippen LogP contribution in [-0.2, 0) is 20.9 Å². The zero-order chi connectivity index (χ0) is 20.3. The van der Waals surface area contributed by atoms with E-state index in [2.05, 4.69) is 5.32 Å². The van der Waals surface area contributed by atoms with Gasteiger partial charge in [0.05, 0.1) is 12.5 Å². The first-order valence-electron chi connectivity index (χ1n) is 9.33. The fraction of sp³-hybridized carbons (Fsp3) is 0.318. The Morgan fingerprint density at radius 1 is 1.00 bits per heavy atom. The number of halogens is 1. The number of rotatable bonds is 6. The Kier molecular flexibility index (Phi) is 6.15.